The molecule has 0 spiro atoms. The number of hydrogen-bond donors (Lipinski definition) is 0. The lowest BCUT2D eigenvalue weighted by atomic mass is 10.1. The minimum Gasteiger partial charge on any atom is -0.492 e. The SMILES string of the molecule is CCOC(=O)N(C)CCOc1ccc(Cc2ccc(Cl)cc2)cc1. The molecule has 0 aliphatic carbocycles. The van der Waals surface area contributed by atoms with Gasteiger partial charge in [-0.15, -0.1) is 0 Å². The Hall–Kier alpha value is -2.20. The highest BCUT2D eigenvalue weighted by Gasteiger charge is 2.08. The van der Waals surface area contributed by atoms with Gasteiger partial charge in [0.15, 0.2) is 0 Å². The molecule has 0 bridgehead atoms. The number of carbonyl (C=O) groups excluding carboxylic acids is 1. The highest BCUT2D eigenvalue weighted by molar-refractivity contribution is 6.30. The fourth-order valence-electron chi connectivity index (χ4n) is 2.17. The quantitative estimate of drug-likeness (QED) is 0.745. The van der Waals surface area contributed by atoms with Crippen LogP contribution in [0.2, 0.25) is 5.02 Å². The van der Waals surface area contributed by atoms with E-state index in [0.29, 0.717) is 19.8 Å². The first-order valence-electron chi connectivity index (χ1n) is 7.92. The van der Waals surface area contributed by atoms with Gasteiger partial charge in [0.25, 0.3) is 0 Å². The van der Waals surface area contributed by atoms with Crippen LogP contribution in [0.15, 0.2) is 48.5 Å². The zero-order valence-corrected chi connectivity index (χ0v) is 14.8. The molecule has 4 nitrogen and oxygen atoms in total. The minimum absolute atomic E-state index is 0.334. The molecule has 0 N–H and O–H groups in total. The lowest BCUT2D eigenvalue weighted by Crippen LogP contribution is -2.31. The van der Waals surface area contributed by atoms with Crippen molar-refractivity contribution in [1.82, 2.24) is 4.90 Å². The molecule has 5 heteroatoms. The fraction of sp³-hybridized carbons (Fsp3) is 0.316. The maximum Gasteiger partial charge on any atom is 0.409 e. The average Bonchev–Trinajstić information content (AvgIpc) is 2.58. The van der Waals surface area contributed by atoms with Crippen LogP contribution in [0.25, 0.3) is 0 Å². The molecule has 24 heavy (non-hydrogen) atoms. The van der Waals surface area contributed by atoms with E-state index >= 15 is 0 Å². The summed E-state index contributed by atoms with van der Waals surface area (Å²) in [7, 11) is 1.69. The van der Waals surface area contributed by atoms with Crippen LogP contribution in [0.4, 0.5) is 4.79 Å². The van der Waals surface area contributed by atoms with Gasteiger partial charge in [0.2, 0.25) is 0 Å². The van der Waals surface area contributed by atoms with Gasteiger partial charge in [0.05, 0.1) is 13.2 Å². The van der Waals surface area contributed by atoms with E-state index in [-0.39, 0.29) is 6.09 Å². The van der Waals surface area contributed by atoms with Crippen LogP contribution in [0.1, 0.15) is 18.1 Å². The number of amides is 1. The maximum atomic E-state index is 11.5. The molecule has 128 valence electrons. The van der Waals surface area contributed by atoms with Crippen molar-refractivity contribution in [2.45, 2.75) is 13.3 Å². The van der Waals surface area contributed by atoms with Crippen LogP contribution >= 0.6 is 11.6 Å². The van der Waals surface area contributed by atoms with Gasteiger partial charge in [-0.3, -0.25) is 0 Å². The smallest absolute Gasteiger partial charge is 0.409 e. The Kier molecular flexibility index (Phi) is 6.94. The summed E-state index contributed by atoms with van der Waals surface area (Å²) in [5.41, 5.74) is 2.41. The van der Waals surface area contributed by atoms with Gasteiger partial charge < -0.3 is 14.4 Å². The summed E-state index contributed by atoms with van der Waals surface area (Å²) < 4.78 is 10.6. The molecule has 0 heterocycles. The van der Waals surface area contributed by atoms with Crippen molar-refractivity contribution in [3.05, 3.63) is 64.7 Å². The zero-order chi connectivity index (χ0) is 17.4. The molecule has 1 amide bonds. The van der Waals surface area contributed by atoms with Gasteiger partial charge in [-0.2, -0.15) is 0 Å². The van der Waals surface area contributed by atoms with Crippen molar-refractivity contribution in [2.24, 2.45) is 0 Å². The zero-order valence-electron chi connectivity index (χ0n) is 14.0. The third kappa shape index (κ3) is 5.78. The van der Waals surface area contributed by atoms with Crippen molar-refractivity contribution >= 4 is 17.7 Å². The predicted octanol–water partition coefficient (Wildman–Crippen LogP) is 4.40. The topological polar surface area (TPSA) is 38.8 Å². The maximum absolute atomic E-state index is 11.5. The minimum atomic E-state index is -0.334. The number of hydrogen-bond acceptors (Lipinski definition) is 3. The summed E-state index contributed by atoms with van der Waals surface area (Å²) in [5.74, 6) is 0.784. The number of halogens is 1. The lowest BCUT2D eigenvalue weighted by molar-refractivity contribution is 0.110. The van der Waals surface area contributed by atoms with Gasteiger partial charge in [-0.05, 0) is 48.7 Å². The molecule has 2 aromatic carbocycles. The number of carbonyl (C=O) groups is 1. The molecule has 0 unspecified atom stereocenters. The standard InChI is InChI=1S/C19H22ClNO3/c1-3-23-19(22)21(2)12-13-24-18-10-6-16(7-11-18)14-15-4-8-17(20)9-5-15/h4-11H,3,12-14H2,1-2H3. The van der Waals surface area contributed by atoms with Crippen LogP contribution < -0.4 is 4.74 Å². The van der Waals surface area contributed by atoms with E-state index in [1.165, 1.54) is 16.0 Å². The second-order valence-corrected chi connectivity index (χ2v) is 5.85. The summed E-state index contributed by atoms with van der Waals surface area (Å²) >= 11 is 5.89. The van der Waals surface area contributed by atoms with E-state index in [4.69, 9.17) is 21.1 Å². The molecular weight excluding hydrogens is 326 g/mol. The summed E-state index contributed by atoms with van der Waals surface area (Å²) in [6, 6.07) is 15.8. The Morgan fingerprint density at radius 3 is 2.21 bits per heavy atom. The van der Waals surface area contributed by atoms with E-state index in [0.717, 1.165) is 17.2 Å². The van der Waals surface area contributed by atoms with Crippen LogP contribution in [-0.4, -0.2) is 37.8 Å². The highest BCUT2D eigenvalue weighted by atomic mass is 35.5. The number of likely N-dealkylation sites (N-methyl/N-ethyl adjacent to an activating group) is 1. The molecule has 0 aliphatic heterocycles. The Balaban J connectivity index is 1.79. The number of benzene rings is 2. The number of nitrogens with zero attached hydrogens (tertiary/aromatic N) is 1. The molecule has 0 aliphatic rings. The Morgan fingerprint density at radius 2 is 1.62 bits per heavy atom. The Labute approximate surface area is 147 Å². The number of ether oxygens (including phenoxy) is 2. The summed E-state index contributed by atoms with van der Waals surface area (Å²) in [5, 5.41) is 0.746. The lowest BCUT2D eigenvalue weighted by Gasteiger charge is -2.16. The van der Waals surface area contributed by atoms with Gasteiger partial charge >= 0.3 is 6.09 Å². The van der Waals surface area contributed by atoms with E-state index in [2.05, 4.69) is 0 Å². The second kappa shape index (κ2) is 9.18. The van der Waals surface area contributed by atoms with Gasteiger partial charge in [0.1, 0.15) is 12.4 Å². The van der Waals surface area contributed by atoms with E-state index in [1.54, 1.807) is 14.0 Å². The van der Waals surface area contributed by atoms with E-state index in [9.17, 15) is 4.79 Å². The first-order chi connectivity index (χ1) is 11.6. The van der Waals surface area contributed by atoms with E-state index < -0.39 is 0 Å². The molecule has 0 saturated heterocycles. The van der Waals surface area contributed by atoms with Crippen molar-refractivity contribution in [3.63, 3.8) is 0 Å². The van der Waals surface area contributed by atoms with Crippen molar-refractivity contribution in [3.8, 4) is 5.75 Å². The predicted molar refractivity (Wildman–Crippen MR) is 95.8 cm³/mol. The van der Waals surface area contributed by atoms with Gasteiger partial charge in [-0.1, -0.05) is 35.9 Å². The molecule has 2 aromatic rings. The first kappa shape index (κ1) is 18.1. The normalized spacial score (nSPS) is 10.3. The first-order valence-corrected chi connectivity index (χ1v) is 8.30. The summed E-state index contributed by atoms with van der Waals surface area (Å²) in [4.78, 5) is 13.0. The molecule has 0 atom stereocenters. The number of rotatable bonds is 7. The van der Waals surface area contributed by atoms with Crippen molar-refractivity contribution in [2.75, 3.05) is 26.8 Å². The fourth-order valence-corrected chi connectivity index (χ4v) is 2.29. The van der Waals surface area contributed by atoms with Gasteiger partial charge in [0, 0.05) is 12.1 Å². The average molecular weight is 348 g/mol. The molecule has 0 radical (unpaired) electrons. The highest BCUT2D eigenvalue weighted by Crippen LogP contribution is 2.17. The molecule has 0 aromatic heterocycles. The Bertz CT molecular complexity index is 641. The Morgan fingerprint density at radius 1 is 1.04 bits per heavy atom. The van der Waals surface area contributed by atoms with E-state index in [1.807, 2.05) is 48.5 Å². The molecule has 2 rings (SSSR count). The van der Waals surface area contributed by atoms with Crippen LogP contribution in [0.3, 0.4) is 0 Å². The molecule has 0 saturated carbocycles. The second-order valence-electron chi connectivity index (χ2n) is 5.42. The van der Waals surface area contributed by atoms with Crippen LogP contribution in [0.5, 0.6) is 5.75 Å². The molecule has 0 fully saturated rings. The third-order valence-corrected chi connectivity index (χ3v) is 3.77. The summed E-state index contributed by atoms with van der Waals surface area (Å²) in [6.07, 6.45) is 0.516. The monoisotopic (exact) mass is 347 g/mol. The third-order valence-electron chi connectivity index (χ3n) is 3.52. The summed E-state index contributed by atoms with van der Waals surface area (Å²) in [6.45, 7) is 3.06. The molecular formula is C19H22ClNO3. The van der Waals surface area contributed by atoms with Crippen LogP contribution in [-0.2, 0) is 11.2 Å². The van der Waals surface area contributed by atoms with Crippen molar-refractivity contribution in [1.29, 1.82) is 0 Å². The van der Waals surface area contributed by atoms with Gasteiger partial charge in [-0.25, -0.2) is 4.79 Å². The largest absolute Gasteiger partial charge is 0.492 e. The van der Waals surface area contributed by atoms with Crippen molar-refractivity contribution < 1.29 is 14.3 Å². The van der Waals surface area contributed by atoms with Crippen LogP contribution in [0, 0.1) is 0 Å².